The Hall–Kier alpha value is -1.33. The van der Waals surface area contributed by atoms with Crippen molar-refractivity contribution in [2.75, 3.05) is 5.73 Å². The molecule has 0 fully saturated rings. The van der Waals surface area contributed by atoms with E-state index in [1.165, 1.54) is 0 Å². The average molecular weight is 230 g/mol. The van der Waals surface area contributed by atoms with Gasteiger partial charge in [-0.15, -0.1) is 0 Å². The fourth-order valence-electron chi connectivity index (χ4n) is 0.949. The molecule has 12 heavy (non-hydrogen) atoms. The normalized spacial score (nSPS) is 10.7. The summed E-state index contributed by atoms with van der Waals surface area (Å²) < 4.78 is 0.647. The molecule has 2 heterocycles. The molecule has 5 N–H and O–H groups in total. The number of imidazole rings is 1. The van der Waals surface area contributed by atoms with Gasteiger partial charge in [0.1, 0.15) is 0 Å². The molecule has 2 aromatic heterocycles. The third-order valence-corrected chi connectivity index (χ3v) is 1.84. The minimum atomic E-state index is -0.282. The van der Waals surface area contributed by atoms with Gasteiger partial charge >= 0.3 is 73.0 Å². The van der Waals surface area contributed by atoms with Crippen LogP contribution in [0.4, 0.5) is 5.95 Å². The van der Waals surface area contributed by atoms with E-state index in [0.29, 0.717) is 15.5 Å². The summed E-state index contributed by atoms with van der Waals surface area (Å²) in [6.07, 6.45) is 0. The second kappa shape index (κ2) is 2.33. The molecule has 0 saturated heterocycles. The molecule has 0 saturated carbocycles. The number of aromatic amines is 3. The first-order valence-electron chi connectivity index (χ1n) is 3.14. The van der Waals surface area contributed by atoms with Crippen molar-refractivity contribution in [2.24, 2.45) is 0 Å². The molecule has 7 heteroatoms. The Morgan fingerprint density at radius 2 is 2.08 bits per heavy atom. The molecular weight excluding hydrogens is 225 g/mol. The SMILES string of the molecule is Nc1nc2[nH]c(=[Se])[nH]c2c(=O)[nH]1. The summed E-state index contributed by atoms with van der Waals surface area (Å²) >= 11 is 2.69. The number of hydrogen-bond acceptors (Lipinski definition) is 3. The van der Waals surface area contributed by atoms with Crippen LogP contribution in [0.3, 0.4) is 0 Å². The summed E-state index contributed by atoms with van der Waals surface area (Å²) in [5.41, 5.74) is 5.88. The van der Waals surface area contributed by atoms with E-state index in [4.69, 9.17) is 5.73 Å². The van der Waals surface area contributed by atoms with E-state index < -0.39 is 0 Å². The number of fused-ring (bicyclic) bond motifs is 1. The number of hydrogen-bond donors (Lipinski definition) is 4. The van der Waals surface area contributed by atoms with Crippen molar-refractivity contribution >= 4 is 32.7 Å². The molecule has 0 aliphatic heterocycles. The number of H-pyrrole nitrogens is 3. The fourth-order valence-corrected chi connectivity index (χ4v) is 1.37. The van der Waals surface area contributed by atoms with Gasteiger partial charge in [0.2, 0.25) is 0 Å². The Morgan fingerprint density at radius 3 is 2.83 bits per heavy atom. The van der Waals surface area contributed by atoms with Gasteiger partial charge in [0, 0.05) is 0 Å². The Balaban J connectivity index is 3.08. The second-order valence-corrected chi connectivity index (χ2v) is 3.11. The zero-order chi connectivity index (χ0) is 8.72. The van der Waals surface area contributed by atoms with Crippen molar-refractivity contribution in [3.63, 3.8) is 0 Å². The Morgan fingerprint density at radius 1 is 1.33 bits per heavy atom. The van der Waals surface area contributed by atoms with Gasteiger partial charge in [-0.25, -0.2) is 0 Å². The van der Waals surface area contributed by atoms with Crippen molar-refractivity contribution in [3.8, 4) is 0 Å². The molecule has 0 atom stereocenters. The third-order valence-electron chi connectivity index (χ3n) is 1.41. The van der Waals surface area contributed by atoms with Gasteiger partial charge in [0.15, 0.2) is 0 Å². The number of nitrogens with two attached hydrogens (primary N) is 1. The van der Waals surface area contributed by atoms with Crippen molar-refractivity contribution in [1.82, 2.24) is 19.9 Å². The van der Waals surface area contributed by atoms with Crippen molar-refractivity contribution in [1.29, 1.82) is 0 Å². The van der Waals surface area contributed by atoms with Crippen LogP contribution < -0.4 is 11.3 Å². The predicted molar refractivity (Wildman–Crippen MR) is 44.5 cm³/mol. The summed E-state index contributed by atoms with van der Waals surface area (Å²) in [5, 5.41) is 0. The maximum atomic E-state index is 11.2. The zero-order valence-corrected chi connectivity index (χ0v) is 7.55. The van der Waals surface area contributed by atoms with Gasteiger partial charge in [-0.05, 0) is 0 Å². The number of nitrogen functional groups attached to an aromatic ring is 1. The van der Waals surface area contributed by atoms with Gasteiger partial charge < -0.3 is 0 Å². The molecule has 0 radical (unpaired) electrons. The Bertz CT molecular complexity index is 534. The standard InChI is InChI=1S/C5H5N5OSe/c6-4-8-2-1(3(11)10-4)7-5(12)9-2/h(H5,6,7,8,9,10,11,12). The van der Waals surface area contributed by atoms with E-state index in [1.807, 2.05) is 0 Å². The van der Waals surface area contributed by atoms with Crippen LogP contribution in [0.1, 0.15) is 0 Å². The maximum absolute atomic E-state index is 11.2. The number of rotatable bonds is 0. The van der Waals surface area contributed by atoms with E-state index in [2.05, 4.69) is 35.5 Å². The molecule has 0 aliphatic rings. The molecule has 0 bridgehead atoms. The van der Waals surface area contributed by atoms with E-state index in [0.717, 1.165) is 0 Å². The van der Waals surface area contributed by atoms with Crippen LogP contribution in [0, 0.1) is 4.32 Å². The van der Waals surface area contributed by atoms with Gasteiger partial charge in [0.25, 0.3) is 0 Å². The summed E-state index contributed by atoms with van der Waals surface area (Å²) in [6, 6.07) is 0. The van der Waals surface area contributed by atoms with Crippen LogP contribution in [0.25, 0.3) is 11.2 Å². The molecule has 0 aromatic carbocycles. The van der Waals surface area contributed by atoms with Crippen LogP contribution in [0.2, 0.25) is 0 Å². The molecule has 2 rings (SSSR count). The monoisotopic (exact) mass is 231 g/mol. The number of nitrogens with one attached hydrogen (secondary N) is 3. The van der Waals surface area contributed by atoms with Gasteiger partial charge in [-0.3, -0.25) is 0 Å². The average Bonchev–Trinajstić information content (AvgIpc) is 2.29. The number of nitrogens with zero attached hydrogens (tertiary/aromatic N) is 1. The summed E-state index contributed by atoms with van der Waals surface area (Å²) in [6.45, 7) is 0. The summed E-state index contributed by atoms with van der Waals surface area (Å²) in [7, 11) is 0. The van der Waals surface area contributed by atoms with Crippen LogP contribution in [-0.2, 0) is 0 Å². The molecular formula is C5H5N5OSe. The van der Waals surface area contributed by atoms with E-state index in [1.54, 1.807) is 0 Å². The first-order chi connectivity index (χ1) is 5.66. The first kappa shape index (κ1) is 7.33. The topological polar surface area (TPSA) is 103 Å². The van der Waals surface area contributed by atoms with E-state index in [-0.39, 0.29) is 11.5 Å². The Kier molecular flexibility index (Phi) is 1.42. The molecule has 0 spiro atoms. The quantitative estimate of drug-likeness (QED) is 0.430. The Labute approximate surface area is 73.6 Å². The molecule has 0 amide bonds. The van der Waals surface area contributed by atoms with Crippen LogP contribution in [-0.4, -0.2) is 35.5 Å². The van der Waals surface area contributed by atoms with Crippen molar-refractivity contribution in [3.05, 3.63) is 14.7 Å². The van der Waals surface area contributed by atoms with E-state index >= 15 is 0 Å². The molecule has 0 unspecified atom stereocenters. The first-order valence-corrected chi connectivity index (χ1v) is 4.00. The van der Waals surface area contributed by atoms with Crippen LogP contribution in [0.15, 0.2) is 4.79 Å². The van der Waals surface area contributed by atoms with Crippen LogP contribution >= 0.6 is 0 Å². The minimum absolute atomic E-state index is 0.0998. The zero-order valence-electron chi connectivity index (χ0n) is 5.84. The summed E-state index contributed by atoms with van der Waals surface area (Å²) in [5.74, 6) is 0.0998. The summed E-state index contributed by atoms with van der Waals surface area (Å²) in [4.78, 5) is 23.0. The van der Waals surface area contributed by atoms with Crippen LogP contribution in [0.5, 0.6) is 0 Å². The molecule has 6 nitrogen and oxygen atoms in total. The fraction of sp³-hybridized carbons (Fsp3) is 0. The van der Waals surface area contributed by atoms with E-state index in [9.17, 15) is 4.79 Å². The van der Waals surface area contributed by atoms with Gasteiger partial charge in [-0.2, -0.15) is 0 Å². The number of anilines is 1. The van der Waals surface area contributed by atoms with Crippen molar-refractivity contribution in [2.45, 2.75) is 0 Å². The molecule has 0 aliphatic carbocycles. The van der Waals surface area contributed by atoms with Crippen molar-refractivity contribution < 1.29 is 0 Å². The third kappa shape index (κ3) is 0.992. The van der Waals surface area contributed by atoms with Gasteiger partial charge in [-0.1, -0.05) is 0 Å². The number of aromatic nitrogens is 4. The molecule has 62 valence electrons. The molecule has 2 aromatic rings. The predicted octanol–water partition coefficient (Wildman–Crippen LogP) is -1.14. The second-order valence-electron chi connectivity index (χ2n) is 2.25. The van der Waals surface area contributed by atoms with Gasteiger partial charge in [0.05, 0.1) is 0 Å².